The highest BCUT2D eigenvalue weighted by Crippen LogP contribution is 2.36. The van der Waals surface area contributed by atoms with Gasteiger partial charge < -0.3 is 19.3 Å². The number of hydrogen-bond donors (Lipinski definition) is 1. The van der Waals surface area contributed by atoms with Crippen molar-refractivity contribution in [3.63, 3.8) is 0 Å². The first-order chi connectivity index (χ1) is 10.4. The van der Waals surface area contributed by atoms with Crippen molar-refractivity contribution in [2.24, 2.45) is 0 Å². The SMILES string of the molecule is CSc1cc2c(cc1CNCCc1ncon1)OCCO2. The van der Waals surface area contributed by atoms with Crippen LogP contribution < -0.4 is 14.8 Å². The van der Waals surface area contributed by atoms with Gasteiger partial charge in [0, 0.05) is 24.4 Å². The summed E-state index contributed by atoms with van der Waals surface area (Å²) in [4.78, 5) is 5.19. The van der Waals surface area contributed by atoms with Gasteiger partial charge in [-0.3, -0.25) is 0 Å². The Morgan fingerprint density at radius 1 is 1.24 bits per heavy atom. The van der Waals surface area contributed by atoms with Crippen LogP contribution in [-0.4, -0.2) is 36.2 Å². The Morgan fingerprint density at radius 2 is 2.05 bits per heavy atom. The minimum atomic E-state index is 0.607. The summed E-state index contributed by atoms with van der Waals surface area (Å²) in [7, 11) is 0. The van der Waals surface area contributed by atoms with Crippen LogP contribution in [0.5, 0.6) is 11.5 Å². The number of benzene rings is 1. The van der Waals surface area contributed by atoms with Crippen LogP contribution >= 0.6 is 11.8 Å². The number of aromatic nitrogens is 2. The molecular formula is C14H17N3O3S. The summed E-state index contributed by atoms with van der Waals surface area (Å²) in [5.74, 6) is 2.38. The smallest absolute Gasteiger partial charge is 0.213 e. The molecule has 2 heterocycles. The van der Waals surface area contributed by atoms with Crippen LogP contribution in [0, 0.1) is 0 Å². The van der Waals surface area contributed by atoms with Crippen molar-refractivity contribution in [2.75, 3.05) is 26.0 Å². The molecule has 0 aliphatic carbocycles. The number of thioether (sulfide) groups is 1. The van der Waals surface area contributed by atoms with Gasteiger partial charge in [-0.25, -0.2) is 0 Å². The lowest BCUT2D eigenvalue weighted by Gasteiger charge is -2.20. The zero-order valence-corrected chi connectivity index (χ0v) is 12.6. The van der Waals surface area contributed by atoms with Crippen LogP contribution in [0.4, 0.5) is 0 Å². The van der Waals surface area contributed by atoms with Crippen molar-refractivity contribution in [3.05, 3.63) is 29.9 Å². The molecule has 0 unspecified atom stereocenters. The van der Waals surface area contributed by atoms with Crippen LogP contribution in [0.1, 0.15) is 11.4 Å². The summed E-state index contributed by atoms with van der Waals surface area (Å²) in [6.45, 7) is 2.78. The summed E-state index contributed by atoms with van der Waals surface area (Å²) in [6, 6.07) is 4.11. The second-order valence-electron chi connectivity index (χ2n) is 4.58. The van der Waals surface area contributed by atoms with Crippen LogP contribution in [0.15, 0.2) is 27.9 Å². The van der Waals surface area contributed by atoms with Gasteiger partial charge in [-0.2, -0.15) is 4.98 Å². The van der Waals surface area contributed by atoms with Gasteiger partial charge in [0.2, 0.25) is 6.39 Å². The van der Waals surface area contributed by atoms with Crippen molar-refractivity contribution in [1.29, 1.82) is 0 Å². The predicted octanol–water partition coefficient (Wildman–Crippen LogP) is 1.89. The van der Waals surface area contributed by atoms with E-state index >= 15 is 0 Å². The van der Waals surface area contributed by atoms with Crippen molar-refractivity contribution in [3.8, 4) is 11.5 Å². The van der Waals surface area contributed by atoms with Crippen molar-refractivity contribution in [1.82, 2.24) is 15.5 Å². The summed E-state index contributed by atoms with van der Waals surface area (Å²) < 4.78 is 16.0. The number of ether oxygens (including phenoxy) is 2. The Bertz CT molecular complexity index is 589. The van der Waals surface area contributed by atoms with E-state index in [1.165, 1.54) is 16.9 Å². The fraction of sp³-hybridized carbons (Fsp3) is 0.429. The Hall–Kier alpha value is -1.73. The largest absolute Gasteiger partial charge is 0.486 e. The maximum Gasteiger partial charge on any atom is 0.213 e. The lowest BCUT2D eigenvalue weighted by atomic mass is 10.2. The van der Waals surface area contributed by atoms with Gasteiger partial charge >= 0.3 is 0 Å². The molecule has 1 aliphatic heterocycles. The number of hydrogen-bond acceptors (Lipinski definition) is 7. The average molecular weight is 307 g/mol. The summed E-state index contributed by atoms with van der Waals surface area (Å²) in [5, 5.41) is 7.18. The molecule has 3 rings (SSSR count). The van der Waals surface area contributed by atoms with Crippen LogP contribution in [0.25, 0.3) is 0 Å². The van der Waals surface area contributed by atoms with Crippen LogP contribution in [0.3, 0.4) is 0 Å². The van der Waals surface area contributed by atoms with Crippen LogP contribution in [-0.2, 0) is 13.0 Å². The third-order valence-electron chi connectivity index (χ3n) is 3.19. The first-order valence-corrected chi connectivity index (χ1v) is 8.02. The first-order valence-electron chi connectivity index (χ1n) is 6.79. The Kier molecular flexibility index (Phi) is 4.62. The highest BCUT2D eigenvalue weighted by molar-refractivity contribution is 7.98. The van der Waals surface area contributed by atoms with E-state index in [-0.39, 0.29) is 0 Å². The Balaban J connectivity index is 1.61. The van der Waals surface area contributed by atoms with Gasteiger partial charge in [-0.05, 0) is 24.0 Å². The van der Waals surface area contributed by atoms with Crippen molar-refractivity contribution < 1.29 is 14.0 Å². The molecule has 1 N–H and O–H groups in total. The van der Waals surface area contributed by atoms with E-state index < -0.39 is 0 Å². The molecule has 0 saturated heterocycles. The molecule has 21 heavy (non-hydrogen) atoms. The number of nitrogens with zero attached hydrogens (tertiary/aromatic N) is 2. The van der Waals surface area contributed by atoms with Gasteiger partial charge in [0.05, 0.1) is 0 Å². The summed E-state index contributed by atoms with van der Waals surface area (Å²) in [6.07, 6.45) is 4.16. The number of fused-ring (bicyclic) bond motifs is 1. The second-order valence-corrected chi connectivity index (χ2v) is 5.43. The molecule has 0 radical (unpaired) electrons. The lowest BCUT2D eigenvalue weighted by Crippen LogP contribution is -2.19. The van der Waals surface area contributed by atoms with Gasteiger partial charge in [-0.15, -0.1) is 11.8 Å². The highest BCUT2D eigenvalue weighted by atomic mass is 32.2. The van der Waals surface area contributed by atoms with E-state index in [1.54, 1.807) is 11.8 Å². The Labute approximate surface area is 127 Å². The molecule has 0 spiro atoms. The van der Waals surface area contributed by atoms with E-state index in [1.807, 2.05) is 0 Å². The van der Waals surface area contributed by atoms with Gasteiger partial charge in [0.25, 0.3) is 0 Å². The fourth-order valence-electron chi connectivity index (χ4n) is 2.17. The molecule has 0 fully saturated rings. The van der Waals surface area contributed by atoms with E-state index in [9.17, 15) is 0 Å². The monoisotopic (exact) mass is 307 g/mol. The topological polar surface area (TPSA) is 69.4 Å². The third-order valence-corrected chi connectivity index (χ3v) is 4.01. The molecule has 0 saturated carbocycles. The highest BCUT2D eigenvalue weighted by Gasteiger charge is 2.15. The quantitative estimate of drug-likeness (QED) is 0.645. The predicted molar refractivity (Wildman–Crippen MR) is 78.9 cm³/mol. The minimum absolute atomic E-state index is 0.607. The summed E-state index contributed by atoms with van der Waals surface area (Å²) >= 11 is 1.71. The maximum absolute atomic E-state index is 5.63. The number of rotatable bonds is 6. The molecule has 6 nitrogen and oxygen atoms in total. The molecule has 0 atom stereocenters. The van der Waals surface area contributed by atoms with Gasteiger partial charge in [-0.1, -0.05) is 5.16 Å². The maximum atomic E-state index is 5.63. The number of nitrogens with one attached hydrogen (secondary N) is 1. The van der Waals surface area contributed by atoms with Crippen molar-refractivity contribution >= 4 is 11.8 Å². The molecule has 0 bridgehead atoms. The fourth-order valence-corrected chi connectivity index (χ4v) is 2.78. The van der Waals surface area contributed by atoms with Crippen molar-refractivity contribution in [2.45, 2.75) is 17.9 Å². The zero-order chi connectivity index (χ0) is 14.5. The Morgan fingerprint density at radius 3 is 2.76 bits per heavy atom. The first kappa shape index (κ1) is 14.2. The summed E-state index contributed by atoms with van der Waals surface area (Å²) in [5.41, 5.74) is 1.21. The van der Waals surface area contributed by atoms with Gasteiger partial charge in [0.1, 0.15) is 13.2 Å². The van der Waals surface area contributed by atoms with E-state index in [0.717, 1.165) is 36.8 Å². The van der Waals surface area contributed by atoms with E-state index in [4.69, 9.17) is 14.0 Å². The molecular weight excluding hydrogens is 290 g/mol. The van der Waals surface area contributed by atoms with E-state index in [2.05, 4.69) is 33.8 Å². The van der Waals surface area contributed by atoms with Gasteiger partial charge in [0.15, 0.2) is 17.3 Å². The molecule has 0 amide bonds. The lowest BCUT2D eigenvalue weighted by molar-refractivity contribution is 0.171. The molecule has 1 aromatic carbocycles. The van der Waals surface area contributed by atoms with Crippen LogP contribution in [0.2, 0.25) is 0 Å². The zero-order valence-electron chi connectivity index (χ0n) is 11.8. The molecule has 2 aromatic rings. The molecule has 1 aliphatic rings. The normalized spacial score (nSPS) is 13.4. The standard InChI is InChI=1S/C14H17N3O3S/c1-21-13-7-12-11(18-4-5-19-12)6-10(13)8-15-3-2-14-16-9-20-17-14/h6-7,9,15H,2-5,8H2,1H3. The third kappa shape index (κ3) is 3.48. The molecule has 7 heteroatoms. The minimum Gasteiger partial charge on any atom is -0.486 e. The molecule has 1 aromatic heterocycles. The van der Waals surface area contributed by atoms with E-state index in [0.29, 0.717) is 13.2 Å². The molecule has 112 valence electrons. The average Bonchev–Trinajstić information content (AvgIpc) is 3.04. The second kappa shape index (κ2) is 6.82.